The van der Waals surface area contributed by atoms with E-state index in [1.165, 1.54) is 12.1 Å². The van der Waals surface area contributed by atoms with Crippen molar-refractivity contribution in [3.63, 3.8) is 0 Å². The molecule has 0 aromatic heterocycles. The summed E-state index contributed by atoms with van der Waals surface area (Å²) in [5, 5.41) is 3.01. The van der Waals surface area contributed by atoms with Gasteiger partial charge in [0.1, 0.15) is 5.82 Å². The Morgan fingerprint density at radius 3 is 2.57 bits per heavy atom. The normalized spacial score (nSPS) is 12.0. The molecule has 0 aliphatic carbocycles. The summed E-state index contributed by atoms with van der Waals surface area (Å²) in [7, 11) is 0. The molecule has 2 aromatic rings. The second-order valence-corrected chi connectivity index (χ2v) is 5.59. The number of rotatable bonds is 3. The molecular formula is C17H17ClFNO. The first-order valence-electron chi connectivity index (χ1n) is 6.71. The number of carbonyl (C=O) groups excluding carboxylic acids is 1. The van der Waals surface area contributed by atoms with Crippen molar-refractivity contribution in [3.05, 3.63) is 69.5 Å². The van der Waals surface area contributed by atoms with E-state index in [0.29, 0.717) is 0 Å². The summed E-state index contributed by atoms with van der Waals surface area (Å²) in [6.07, 6.45) is 0. The number of halogens is 2. The Bertz CT molecular complexity index is 684. The van der Waals surface area contributed by atoms with Gasteiger partial charge in [-0.25, -0.2) is 4.39 Å². The smallest absolute Gasteiger partial charge is 0.253 e. The van der Waals surface area contributed by atoms with Crippen LogP contribution < -0.4 is 5.32 Å². The van der Waals surface area contributed by atoms with Crippen LogP contribution in [0.1, 0.15) is 40.0 Å². The quantitative estimate of drug-likeness (QED) is 0.883. The maximum atomic E-state index is 13.0. The molecule has 21 heavy (non-hydrogen) atoms. The van der Waals surface area contributed by atoms with Crippen LogP contribution >= 0.6 is 11.6 Å². The lowest BCUT2D eigenvalue weighted by molar-refractivity contribution is 0.0940. The predicted molar refractivity (Wildman–Crippen MR) is 83.2 cm³/mol. The summed E-state index contributed by atoms with van der Waals surface area (Å²) in [6.45, 7) is 5.92. The average molecular weight is 306 g/mol. The number of amides is 1. The summed E-state index contributed by atoms with van der Waals surface area (Å²) in [5.74, 6) is -0.771. The Morgan fingerprint density at radius 1 is 1.19 bits per heavy atom. The van der Waals surface area contributed by atoms with Crippen LogP contribution in [0.2, 0.25) is 5.02 Å². The minimum atomic E-state index is -0.459. The Morgan fingerprint density at radius 2 is 1.90 bits per heavy atom. The molecule has 4 heteroatoms. The molecule has 0 heterocycles. The second-order valence-electron chi connectivity index (χ2n) is 5.18. The highest BCUT2D eigenvalue weighted by Crippen LogP contribution is 2.21. The topological polar surface area (TPSA) is 29.1 Å². The van der Waals surface area contributed by atoms with E-state index >= 15 is 0 Å². The molecule has 2 aromatic carbocycles. The number of benzene rings is 2. The van der Waals surface area contributed by atoms with Crippen molar-refractivity contribution in [1.82, 2.24) is 5.32 Å². The van der Waals surface area contributed by atoms with E-state index in [1.54, 1.807) is 0 Å². The zero-order valence-electron chi connectivity index (χ0n) is 12.2. The van der Waals surface area contributed by atoms with Crippen molar-refractivity contribution in [2.75, 3.05) is 0 Å². The molecular weight excluding hydrogens is 289 g/mol. The first-order valence-corrected chi connectivity index (χ1v) is 7.09. The van der Waals surface area contributed by atoms with Gasteiger partial charge in [-0.1, -0.05) is 35.4 Å². The largest absolute Gasteiger partial charge is 0.345 e. The number of hydrogen-bond acceptors (Lipinski definition) is 1. The minimum Gasteiger partial charge on any atom is -0.345 e. The van der Waals surface area contributed by atoms with Gasteiger partial charge in [0, 0.05) is 0 Å². The molecule has 1 unspecified atom stereocenters. The van der Waals surface area contributed by atoms with Crippen molar-refractivity contribution in [1.29, 1.82) is 0 Å². The van der Waals surface area contributed by atoms with E-state index in [9.17, 15) is 9.18 Å². The monoisotopic (exact) mass is 305 g/mol. The van der Waals surface area contributed by atoms with E-state index in [-0.39, 0.29) is 22.5 Å². The van der Waals surface area contributed by atoms with Gasteiger partial charge in [0.2, 0.25) is 0 Å². The third-order valence-corrected chi connectivity index (χ3v) is 3.74. The molecule has 0 fully saturated rings. The summed E-state index contributed by atoms with van der Waals surface area (Å²) in [6, 6.07) is 9.71. The molecule has 2 rings (SSSR count). The van der Waals surface area contributed by atoms with Crippen molar-refractivity contribution >= 4 is 17.5 Å². The molecule has 0 aliphatic heterocycles. The highest BCUT2D eigenvalue weighted by Gasteiger charge is 2.16. The maximum Gasteiger partial charge on any atom is 0.253 e. The highest BCUT2D eigenvalue weighted by molar-refractivity contribution is 6.33. The minimum absolute atomic E-state index is 0.112. The van der Waals surface area contributed by atoms with E-state index in [1.807, 2.05) is 39.0 Å². The van der Waals surface area contributed by atoms with Gasteiger partial charge in [-0.3, -0.25) is 4.79 Å². The number of carbonyl (C=O) groups is 1. The SMILES string of the molecule is Cc1ccc(C)c(C(C)NC(=O)c2ccc(F)cc2Cl)c1. The van der Waals surface area contributed by atoms with Gasteiger partial charge in [0.25, 0.3) is 5.91 Å². The molecule has 0 radical (unpaired) electrons. The number of nitrogens with one attached hydrogen (secondary N) is 1. The Labute approximate surface area is 128 Å². The fraction of sp³-hybridized carbons (Fsp3) is 0.235. The Hall–Kier alpha value is -1.87. The molecule has 0 aliphatic rings. The van der Waals surface area contributed by atoms with E-state index in [4.69, 9.17) is 11.6 Å². The van der Waals surface area contributed by atoms with Gasteiger partial charge in [-0.05, 0) is 50.1 Å². The maximum absolute atomic E-state index is 13.0. The summed E-state index contributed by atoms with van der Waals surface area (Å²) < 4.78 is 13.0. The van der Waals surface area contributed by atoms with Crippen LogP contribution in [0.15, 0.2) is 36.4 Å². The Kier molecular flexibility index (Phi) is 4.63. The van der Waals surface area contributed by atoms with Crippen molar-refractivity contribution in [2.24, 2.45) is 0 Å². The predicted octanol–water partition coefficient (Wildman–Crippen LogP) is 4.59. The molecule has 1 amide bonds. The molecule has 110 valence electrons. The lowest BCUT2D eigenvalue weighted by Crippen LogP contribution is -2.27. The van der Waals surface area contributed by atoms with E-state index in [2.05, 4.69) is 5.32 Å². The fourth-order valence-electron chi connectivity index (χ4n) is 2.25. The third-order valence-electron chi connectivity index (χ3n) is 3.42. The standard InChI is InChI=1S/C17H17ClFNO/c1-10-4-5-11(2)15(8-10)12(3)20-17(21)14-7-6-13(19)9-16(14)18/h4-9,12H,1-3H3,(H,20,21). The van der Waals surface area contributed by atoms with Gasteiger partial charge in [-0.15, -0.1) is 0 Å². The van der Waals surface area contributed by atoms with Gasteiger partial charge in [0.15, 0.2) is 0 Å². The summed E-state index contributed by atoms with van der Waals surface area (Å²) >= 11 is 5.91. The fourth-order valence-corrected chi connectivity index (χ4v) is 2.51. The molecule has 0 bridgehead atoms. The van der Waals surface area contributed by atoms with E-state index in [0.717, 1.165) is 22.8 Å². The van der Waals surface area contributed by atoms with Crippen molar-refractivity contribution in [2.45, 2.75) is 26.8 Å². The Balaban J connectivity index is 2.20. The van der Waals surface area contributed by atoms with Gasteiger partial charge < -0.3 is 5.32 Å². The van der Waals surface area contributed by atoms with Crippen molar-refractivity contribution in [3.8, 4) is 0 Å². The lowest BCUT2D eigenvalue weighted by atomic mass is 9.99. The van der Waals surface area contributed by atoms with Crippen molar-refractivity contribution < 1.29 is 9.18 Å². The van der Waals surface area contributed by atoms with E-state index < -0.39 is 5.82 Å². The number of aryl methyl sites for hydroxylation is 2. The first-order chi connectivity index (χ1) is 9.88. The second kappa shape index (κ2) is 6.27. The zero-order valence-corrected chi connectivity index (χ0v) is 13.0. The molecule has 1 atom stereocenters. The van der Waals surface area contributed by atoms with Crippen LogP contribution in [0.25, 0.3) is 0 Å². The molecule has 1 N–H and O–H groups in total. The zero-order chi connectivity index (χ0) is 15.6. The van der Waals surface area contributed by atoms with Crippen LogP contribution in [-0.2, 0) is 0 Å². The van der Waals surface area contributed by atoms with Crippen LogP contribution in [0.5, 0.6) is 0 Å². The number of hydrogen-bond donors (Lipinski definition) is 1. The molecule has 0 saturated carbocycles. The third kappa shape index (κ3) is 3.61. The van der Waals surface area contributed by atoms with Gasteiger partial charge >= 0.3 is 0 Å². The van der Waals surface area contributed by atoms with Gasteiger partial charge in [0.05, 0.1) is 16.6 Å². The molecule has 2 nitrogen and oxygen atoms in total. The summed E-state index contributed by atoms with van der Waals surface area (Å²) in [5.41, 5.74) is 3.58. The highest BCUT2D eigenvalue weighted by atomic mass is 35.5. The first kappa shape index (κ1) is 15.5. The van der Waals surface area contributed by atoms with Crippen LogP contribution in [0, 0.1) is 19.7 Å². The average Bonchev–Trinajstić information content (AvgIpc) is 2.41. The lowest BCUT2D eigenvalue weighted by Gasteiger charge is -2.17. The molecule has 0 spiro atoms. The molecule has 0 saturated heterocycles. The van der Waals surface area contributed by atoms with Crippen LogP contribution in [0.3, 0.4) is 0 Å². The van der Waals surface area contributed by atoms with Crippen LogP contribution in [0.4, 0.5) is 4.39 Å². The van der Waals surface area contributed by atoms with Crippen LogP contribution in [-0.4, -0.2) is 5.91 Å². The summed E-state index contributed by atoms with van der Waals surface area (Å²) in [4.78, 5) is 12.2. The van der Waals surface area contributed by atoms with Gasteiger partial charge in [-0.2, -0.15) is 0 Å².